The maximum Gasteiger partial charge on any atom is 0.119 e. The Hall–Kier alpha value is -6.58. The fourth-order valence-corrected chi connectivity index (χ4v) is 7.46. The Morgan fingerprint density at radius 3 is 1.59 bits per heavy atom. The molecule has 2 N–H and O–H groups in total. The molecule has 266 valence electrons. The molecule has 0 spiro atoms. The number of methoxy groups -OCH3 is 2. The van der Waals surface area contributed by atoms with E-state index >= 15 is 0 Å². The predicted molar refractivity (Wildman–Crippen MR) is 224 cm³/mol. The van der Waals surface area contributed by atoms with Gasteiger partial charge in [-0.05, 0) is 114 Å². The molecular weight excluding hydrogens is 665 g/mol. The lowest BCUT2D eigenvalue weighted by Crippen LogP contribution is -1.93. The topological polar surface area (TPSA) is 75.8 Å². The van der Waals surface area contributed by atoms with Gasteiger partial charge in [-0.3, -0.25) is 0 Å². The SMILES string of the molecule is C#Cc1ccc(-c2c3nc(c(-c4cccc(OC)c4)c4ccc([nH]4)c(CCCCCC)c4nc(c(-c5cccc(OC)c5)c5ccc2[nH]5)C=C4)C=C3)cc1. The van der Waals surface area contributed by atoms with E-state index in [-0.39, 0.29) is 0 Å². The van der Waals surface area contributed by atoms with Crippen molar-refractivity contribution in [3.05, 3.63) is 131 Å². The van der Waals surface area contributed by atoms with Gasteiger partial charge in [0, 0.05) is 49.9 Å². The first-order valence-corrected chi connectivity index (χ1v) is 18.6. The molecule has 2 aliphatic rings. The van der Waals surface area contributed by atoms with Crippen molar-refractivity contribution in [3.8, 4) is 57.2 Å². The van der Waals surface area contributed by atoms with Crippen LogP contribution in [-0.2, 0) is 6.42 Å². The number of terminal acetylenes is 1. The summed E-state index contributed by atoms with van der Waals surface area (Å²) >= 11 is 0. The van der Waals surface area contributed by atoms with Crippen molar-refractivity contribution in [1.29, 1.82) is 0 Å². The molecule has 0 radical (unpaired) electrons. The largest absolute Gasteiger partial charge is 0.497 e. The summed E-state index contributed by atoms with van der Waals surface area (Å²) < 4.78 is 11.4. The average Bonchev–Trinajstić information content (AvgIpc) is 4.06. The van der Waals surface area contributed by atoms with Crippen molar-refractivity contribution < 1.29 is 9.47 Å². The number of nitrogens with zero attached hydrogens (tertiary/aromatic N) is 2. The molecule has 0 aliphatic carbocycles. The zero-order valence-corrected chi connectivity index (χ0v) is 30.9. The molecule has 6 heteroatoms. The molecule has 6 aromatic rings. The number of benzene rings is 3. The summed E-state index contributed by atoms with van der Waals surface area (Å²) in [6.45, 7) is 2.25. The van der Waals surface area contributed by atoms with Gasteiger partial charge in [0.05, 0.1) is 37.0 Å². The number of fused-ring (bicyclic) bond motifs is 8. The number of H-pyrrole nitrogens is 2. The predicted octanol–water partition coefficient (Wildman–Crippen LogP) is 11.8. The first kappa shape index (κ1) is 34.5. The average molecular weight is 707 g/mol. The normalized spacial score (nSPS) is 11.8. The lowest BCUT2D eigenvalue weighted by atomic mass is 10.0. The van der Waals surface area contributed by atoms with Gasteiger partial charge >= 0.3 is 0 Å². The van der Waals surface area contributed by atoms with Crippen LogP contribution in [0.1, 0.15) is 66.5 Å². The summed E-state index contributed by atoms with van der Waals surface area (Å²) in [4.78, 5) is 18.4. The van der Waals surface area contributed by atoms with E-state index in [1.54, 1.807) is 14.2 Å². The second-order valence-electron chi connectivity index (χ2n) is 13.6. The molecule has 0 atom stereocenters. The molecule has 8 bridgehead atoms. The number of nitrogens with one attached hydrogen (secondary N) is 2. The van der Waals surface area contributed by atoms with Gasteiger partial charge in [0.2, 0.25) is 0 Å². The maximum atomic E-state index is 5.77. The Morgan fingerprint density at radius 2 is 1.06 bits per heavy atom. The lowest BCUT2D eigenvalue weighted by Gasteiger charge is -2.08. The molecule has 3 aromatic heterocycles. The molecule has 0 amide bonds. The minimum absolute atomic E-state index is 0.783. The van der Waals surface area contributed by atoms with Crippen LogP contribution in [0.5, 0.6) is 11.5 Å². The minimum Gasteiger partial charge on any atom is -0.497 e. The third kappa shape index (κ3) is 6.73. The second-order valence-corrected chi connectivity index (χ2v) is 13.6. The molecule has 3 aromatic carbocycles. The summed E-state index contributed by atoms with van der Waals surface area (Å²) in [5.41, 5.74) is 15.4. The van der Waals surface area contributed by atoms with E-state index in [0.29, 0.717) is 0 Å². The smallest absolute Gasteiger partial charge is 0.119 e. The molecule has 2 aliphatic heterocycles. The number of hydrogen-bond acceptors (Lipinski definition) is 4. The van der Waals surface area contributed by atoms with Gasteiger partial charge in [-0.25, -0.2) is 9.97 Å². The zero-order chi connectivity index (χ0) is 37.0. The van der Waals surface area contributed by atoms with E-state index in [0.717, 1.165) is 108 Å². The Balaban J connectivity index is 1.51. The van der Waals surface area contributed by atoms with E-state index in [4.69, 9.17) is 25.9 Å². The second kappa shape index (κ2) is 15.2. The van der Waals surface area contributed by atoms with Crippen molar-refractivity contribution in [1.82, 2.24) is 19.9 Å². The Bertz CT molecular complexity index is 2590. The van der Waals surface area contributed by atoms with Gasteiger partial charge < -0.3 is 19.4 Å². The summed E-state index contributed by atoms with van der Waals surface area (Å²) in [6.07, 6.45) is 19.8. The third-order valence-electron chi connectivity index (χ3n) is 10.2. The first-order valence-electron chi connectivity index (χ1n) is 18.6. The Kier molecular flexibility index (Phi) is 9.70. The number of aryl methyl sites for hydroxylation is 1. The lowest BCUT2D eigenvalue weighted by molar-refractivity contribution is 0.415. The van der Waals surface area contributed by atoms with Crippen LogP contribution in [0, 0.1) is 12.3 Å². The fraction of sp³-hybridized carbons (Fsp3) is 0.167. The van der Waals surface area contributed by atoms with Crippen molar-refractivity contribution in [2.24, 2.45) is 0 Å². The van der Waals surface area contributed by atoms with Gasteiger partial charge in [0.15, 0.2) is 0 Å². The van der Waals surface area contributed by atoms with E-state index < -0.39 is 0 Å². The highest BCUT2D eigenvalue weighted by Gasteiger charge is 2.19. The van der Waals surface area contributed by atoms with Crippen molar-refractivity contribution >= 4 is 46.4 Å². The number of aromatic nitrogens is 4. The van der Waals surface area contributed by atoms with Crippen molar-refractivity contribution in [2.75, 3.05) is 14.2 Å². The number of ether oxygens (including phenoxy) is 2. The van der Waals surface area contributed by atoms with Crippen LogP contribution in [-0.4, -0.2) is 34.2 Å². The third-order valence-corrected chi connectivity index (χ3v) is 10.2. The number of aromatic amines is 2. The van der Waals surface area contributed by atoms with Gasteiger partial charge in [-0.2, -0.15) is 0 Å². The van der Waals surface area contributed by atoms with E-state index in [1.165, 1.54) is 24.8 Å². The Labute approximate surface area is 316 Å². The van der Waals surface area contributed by atoms with Crippen LogP contribution >= 0.6 is 0 Å². The number of hydrogen-bond donors (Lipinski definition) is 2. The van der Waals surface area contributed by atoms with Gasteiger partial charge in [0.1, 0.15) is 11.5 Å². The Morgan fingerprint density at radius 1 is 0.556 bits per heavy atom. The van der Waals surface area contributed by atoms with Crippen LogP contribution in [0.15, 0.2) is 97.1 Å². The molecule has 5 heterocycles. The first-order chi connectivity index (χ1) is 26.6. The van der Waals surface area contributed by atoms with Crippen molar-refractivity contribution in [2.45, 2.75) is 39.0 Å². The number of unbranched alkanes of at least 4 members (excludes halogenated alkanes) is 3. The summed E-state index contributed by atoms with van der Waals surface area (Å²) in [7, 11) is 3.40. The van der Waals surface area contributed by atoms with Crippen molar-refractivity contribution in [3.63, 3.8) is 0 Å². The molecule has 0 fully saturated rings. The number of rotatable bonds is 10. The van der Waals surface area contributed by atoms with E-state index in [1.807, 2.05) is 36.4 Å². The molecule has 6 nitrogen and oxygen atoms in total. The van der Waals surface area contributed by atoms with Crippen LogP contribution in [0.2, 0.25) is 0 Å². The molecule has 54 heavy (non-hydrogen) atoms. The summed E-state index contributed by atoms with van der Waals surface area (Å²) in [6, 6.07) is 33.1. The van der Waals surface area contributed by atoms with E-state index in [9.17, 15) is 0 Å². The highest BCUT2D eigenvalue weighted by molar-refractivity contribution is 5.98. The molecular formula is C48H42N4O2. The zero-order valence-electron chi connectivity index (χ0n) is 30.9. The van der Waals surface area contributed by atoms with E-state index in [2.05, 4.69) is 108 Å². The molecule has 0 saturated carbocycles. The van der Waals surface area contributed by atoms with Gasteiger partial charge in [-0.15, -0.1) is 6.42 Å². The highest BCUT2D eigenvalue weighted by atomic mass is 16.5. The molecule has 0 saturated heterocycles. The van der Waals surface area contributed by atoms with Crippen LogP contribution in [0.25, 0.3) is 79.8 Å². The van der Waals surface area contributed by atoms with Crippen LogP contribution < -0.4 is 9.47 Å². The summed E-state index contributed by atoms with van der Waals surface area (Å²) in [5, 5.41) is 0. The minimum atomic E-state index is 0.783. The van der Waals surface area contributed by atoms with Gasteiger partial charge in [-0.1, -0.05) is 68.5 Å². The van der Waals surface area contributed by atoms with Crippen LogP contribution in [0.4, 0.5) is 0 Å². The fourth-order valence-electron chi connectivity index (χ4n) is 7.46. The summed E-state index contributed by atoms with van der Waals surface area (Å²) in [5.74, 6) is 4.32. The monoisotopic (exact) mass is 706 g/mol. The van der Waals surface area contributed by atoms with Crippen LogP contribution in [0.3, 0.4) is 0 Å². The quantitative estimate of drug-likeness (QED) is 0.110. The maximum absolute atomic E-state index is 5.77. The standard InChI is InChI=1S/C48H42N4O2/c1-5-7-8-9-16-37-38-21-23-42(49-38)47(33-12-10-14-35(29-33)53-3)44-27-25-40(51-44)46(32-19-17-31(6-2)18-20-32)41-26-28-45(52-41)48(43-24-22-39(37)50-43)34-13-11-15-36(30-34)54-4/h2,10-15,17-30,49,52H,5,7-9,16H2,1,3-4H3. The molecule has 8 rings (SSSR count). The molecule has 0 unspecified atom stereocenters. The highest BCUT2D eigenvalue weighted by Crippen LogP contribution is 2.38. The van der Waals surface area contributed by atoms with Gasteiger partial charge in [0.25, 0.3) is 0 Å².